The highest BCUT2D eigenvalue weighted by Gasteiger charge is 2.24. The van der Waals surface area contributed by atoms with E-state index in [9.17, 15) is 4.39 Å². The molecule has 0 aliphatic carbocycles. The molecule has 4 rings (SSSR count). The molecule has 1 N–H and O–H groups in total. The number of fused-ring (bicyclic) bond motifs is 1. The van der Waals surface area contributed by atoms with Gasteiger partial charge in [-0.3, -0.25) is 0 Å². The average molecular weight is 327 g/mol. The SMILES string of the molecule is Fc1ccc(C2=CC(c3ccccc3Cl)n3ncnc3N2)cc1. The Bertz CT molecular complexity index is 886. The second-order valence-corrected chi connectivity index (χ2v) is 5.61. The highest BCUT2D eigenvalue weighted by molar-refractivity contribution is 6.31. The average Bonchev–Trinajstić information content (AvgIpc) is 3.04. The van der Waals surface area contributed by atoms with E-state index in [1.54, 1.807) is 16.8 Å². The normalized spacial score (nSPS) is 16.4. The fourth-order valence-electron chi connectivity index (χ4n) is 2.67. The second kappa shape index (κ2) is 5.52. The molecule has 0 radical (unpaired) electrons. The topological polar surface area (TPSA) is 42.7 Å². The number of hydrogen-bond acceptors (Lipinski definition) is 3. The Hall–Kier alpha value is -2.66. The Morgan fingerprint density at radius 3 is 2.65 bits per heavy atom. The van der Waals surface area contributed by atoms with E-state index in [1.807, 2.05) is 30.3 Å². The predicted molar refractivity (Wildman–Crippen MR) is 87.6 cm³/mol. The first-order valence-corrected chi connectivity index (χ1v) is 7.49. The van der Waals surface area contributed by atoms with Crippen LogP contribution in [-0.4, -0.2) is 14.8 Å². The Balaban J connectivity index is 1.83. The van der Waals surface area contributed by atoms with Crippen LogP contribution in [-0.2, 0) is 0 Å². The summed E-state index contributed by atoms with van der Waals surface area (Å²) in [5, 5.41) is 8.16. The summed E-state index contributed by atoms with van der Waals surface area (Å²) in [7, 11) is 0. The largest absolute Gasteiger partial charge is 0.324 e. The Labute approximate surface area is 137 Å². The third-order valence-corrected chi connectivity index (χ3v) is 4.13. The maximum atomic E-state index is 13.2. The molecular formula is C17H12ClFN4. The number of anilines is 1. The van der Waals surface area contributed by atoms with Gasteiger partial charge in [-0.05, 0) is 47.5 Å². The maximum Gasteiger partial charge on any atom is 0.226 e. The molecule has 0 fully saturated rings. The van der Waals surface area contributed by atoms with Crippen LogP contribution in [0.4, 0.5) is 10.3 Å². The molecule has 0 amide bonds. The van der Waals surface area contributed by atoms with E-state index in [-0.39, 0.29) is 11.9 Å². The summed E-state index contributed by atoms with van der Waals surface area (Å²) < 4.78 is 14.9. The Morgan fingerprint density at radius 2 is 1.87 bits per heavy atom. The van der Waals surface area contributed by atoms with Crippen LogP contribution in [0.15, 0.2) is 60.9 Å². The van der Waals surface area contributed by atoms with Gasteiger partial charge in [0.15, 0.2) is 0 Å². The lowest BCUT2D eigenvalue weighted by Gasteiger charge is -2.25. The lowest BCUT2D eigenvalue weighted by atomic mass is 10.0. The zero-order chi connectivity index (χ0) is 15.8. The molecule has 1 aliphatic rings. The number of allylic oxidation sites excluding steroid dienone is 1. The molecule has 6 heteroatoms. The van der Waals surface area contributed by atoms with Gasteiger partial charge in [-0.1, -0.05) is 29.8 Å². The van der Waals surface area contributed by atoms with Crippen LogP contribution in [0.2, 0.25) is 5.02 Å². The molecule has 2 aromatic carbocycles. The van der Waals surface area contributed by atoms with Gasteiger partial charge >= 0.3 is 0 Å². The van der Waals surface area contributed by atoms with Crippen LogP contribution in [0.25, 0.3) is 5.70 Å². The van der Waals surface area contributed by atoms with Crippen molar-refractivity contribution < 1.29 is 4.39 Å². The number of benzene rings is 2. The van der Waals surface area contributed by atoms with Gasteiger partial charge in [0.2, 0.25) is 5.95 Å². The molecule has 3 aromatic rings. The van der Waals surface area contributed by atoms with Gasteiger partial charge in [0, 0.05) is 10.7 Å². The fourth-order valence-corrected chi connectivity index (χ4v) is 2.92. The van der Waals surface area contributed by atoms with E-state index >= 15 is 0 Å². The molecular weight excluding hydrogens is 315 g/mol. The standard InChI is InChI=1S/C17H12ClFN4/c18-14-4-2-1-3-13(14)16-9-15(11-5-7-12(19)8-6-11)22-17-20-10-21-23(16)17/h1-10,16H,(H,20,21,22). The highest BCUT2D eigenvalue weighted by atomic mass is 35.5. The van der Waals surface area contributed by atoms with Crippen molar-refractivity contribution in [1.29, 1.82) is 0 Å². The molecule has 1 unspecified atom stereocenters. The quantitative estimate of drug-likeness (QED) is 0.770. The van der Waals surface area contributed by atoms with Crippen LogP contribution < -0.4 is 5.32 Å². The molecule has 114 valence electrons. The van der Waals surface area contributed by atoms with Crippen molar-refractivity contribution in [3.63, 3.8) is 0 Å². The molecule has 0 saturated heterocycles. The summed E-state index contributed by atoms with van der Waals surface area (Å²) in [6.07, 6.45) is 3.50. The van der Waals surface area contributed by atoms with Crippen LogP contribution in [0, 0.1) is 5.82 Å². The van der Waals surface area contributed by atoms with Gasteiger partial charge < -0.3 is 5.32 Å². The van der Waals surface area contributed by atoms with E-state index in [2.05, 4.69) is 15.4 Å². The monoisotopic (exact) mass is 326 g/mol. The molecule has 1 aromatic heterocycles. The van der Waals surface area contributed by atoms with Crippen LogP contribution in [0.1, 0.15) is 17.2 Å². The van der Waals surface area contributed by atoms with E-state index in [4.69, 9.17) is 11.6 Å². The predicted octanol–water partition coefficient (Wildman–Crippen LogP) is 4.13. The van der Waals surface area contributed by atoms with Gasteiger partial charge in [-0.2, -0.15) is 10.1 Å². The molecule has 1 atom stereocenters. The fraction of sp³-hybridized carbons (Fsp3) is 0.0588. The number of rotatable bonds is 2. The summed E-state index contributed by atoms with van der Waals surface area (Å²) in [5.74, 6) is 0.354. The van der Waals surface area contributed by atoms with E-state index in [0.717, 1.165) is 16.8 Å². The minimum Gasteiger partial charge on any atom is -0.324 e. The van der Waals surface area contributed by atoms with Crippen molar-refractivity contribution in [2.24, 2.45) is 0 Å². The lowest BCUT2D eigenvalue weighted by Crippen LogP contribution is -2.20. The van der Waals surface area contributed by atoms with Crippen molar-refractivity contribution in [1.82, 2.24) is 14.8 Å². The van der Waals surface area contributed by atoms with Crippen molar-refractivity contribution in [2.75, 3.05) is 5.32 Å². The van der Waals surface area contributed by atoms with E-state index < -0.39 is 0 Å². The molecule has 2 heterocycles. The first-order valence-electron chi connectivity index (χ1n) is 7.11. The second-order valence-electron chi connectivity index (χ2n) is 5.21. The van der Waals surface area contributed by atoms with Gasteiger partial charge in [0.25, 0.3) is 0 Å². The van der Waals surface area contributed by atoms with Crippen LogP contribution >= 0.6 is 11.6 Å². The number of aromatic nitrogens is 3. The Kier molecular flexibility index (Phi) is 3.35. The zero-order valence-corrected chi connectivity index (χ0v) is 12.7. The molecule has 0 bridgehead atoms. The number of halogens is 2. The molecule has 0 saturated carbocycles. The van der Waals surface area contributed by atoms with Gasteiger partial charge in [0.1, 0.15) is 18.2 Å². The first kappa shape index (κ1) is 14.0. The third-order valence-electron chi connectivity index (χ3n) is 3.79. The maximum absolute atomic E-state index is 13.2. The summed E-state index contributed by atoms with van der Waals surface area (Å²) in [6, 6.07) is 13.8. The Morgan fingerprint density at radius 1 is 1.09 bits per heavy atom. The van der Waals surface area contributed by atoms with Crippen molar-refractivity contribution in [3.8, 4) is 0 Å². The van der Waals surface area contributed by atoms with Crippen LogP contribution in [0.5, 0.6) is 0 Å². The van der Waals surface area contributed by atoms with Crippen molar-refractivity contribution in [3.05, 3.63) is 82.9 Å². The van der Waals surface area contributed by atoms with Crippen molar-refractivity contribution in [2.45, 2.75) is 6.04 Å². The van der Waals surface area contributed by atoms with Gasteiger partial charge in [-0.25, -0.2) is 9.07 Å². The van der Waals surface area contributed by atoms with Crippen molar-refractivity contribution >= 4 is 23.2 Å². The van der Waals surface area contributed by atoms with Gasteiger partial charge in [0.05, 0.1) is 0 Å². The minimum atomic E-state index is -0.268. The van der Waals surface area contributed by atoms with Gasteiger partial charge in [-0.15, -0.1) is 0 Å². The molecule has 23 heavy (non-hydrogen) atoms. The summed E-state index contributed by atoms with van der Waals surface area (Å²) in [6.45, 7) is 0. The lowest BCUT2D eigenvalue weighted by molar-refractivity contribution is 0.612. The highest BCUT2D eigenvalue weighted by Crippen LogP contribution is 2.34. The van der Waals surface area contributed by atoms with E-state index in [1.165, 1.54) is 18.5 Å². The number of hydrogen-bond donors (Lipinski definition) is 1. The molecule has 0 spiro atoms. The third kappa shape index (κ3) is 2.49. The number of nitrogens with one attached hydrogen (secondary N) is 1. The summed E-state index contributed by atoms with van der Waals surface area (Å²) in [5.41, 5.74) is 2.65. The summed E-state index contributed by atoms with van der Waals surface area (Å²) in [4.78, 5) is 4.24. The molecule has 4 nitrogen and oxygen atoms in total. The van der Waals surface area contributed by atoms with Crippen LogP contribution in [0.3, 0.4) is 0 Å². The number of nitrogens with zero attached hydrogens (tertiary/aromatic N) is 3. The minimum absolute atomic E-state index is 0.178. The molecule has 1 aliphatic heterocycles. The zero-order valence-electron chi connectivity index (χ0n) is 11.9. The van der Waals surface area contributed by atoms with E-state index in [0.29, 0.717) is 11.0 Å². The smallest absolute Gasteiger partial charge is 0.226 e. The summed E-state index contributed by atoms with van der Waals surface area (Å²) >= 11 is 6.34. The first-order chi connectivity index (χ1) is 11.2.